The van der Waals surface area contributed by atoms with Gasteiger partial charge in [-0.15, -0.1) is 0 Å². The van der Waals surface area contributed by atoms with Gasteiger partial charge in [0.15, 0.2) is 17.5 Å². The second-order valence-electron chi connectivity index (χ2n) is 19.8. The van der Waals surface area contributed by atoms with Crippen molar-refractivity contribution in [1.29, 1.82) is 5.26 Å². The standard InChI is InChI=1S/C67H42N6O/c1-67(2)54-27-12-8-20-45(54)46-33-32-43(38-55(46)67)72-58-29-14-10-24-52(58)61-59(72)36-34-49-47-21-9-13-28-57(47)73(62(49)61)56-35-31-41(37-42(56)39-68)64-69-65(51-23-7-6-19-44(51)40-17-4-3-5-18-40)71-66(70-64)53-26-16-25-50-48-22-11-15-30-60(48)74-63(50)53/h3-38H,1-2H3. The van der Waals surface area contributed by atoms with E-state index in [1.54, 1.807) is 0 Å². The molecule has 4 aromatic heterocycles. The van der Waals surface area contributed by atoms with Crippen molar-refractivity contribution in [3.63, 3.8) is 0 Å². The highest BCUT2D eigenvalue weighted by Gasteiger charge is 2.36. The monoisotopic (exact) mass is 946 g/mol. The number of aromatic nitrogens is 5. The molecule has 1 aliphatic rings. The van der Waals surface area contributed by atoms with Crippen molar-refractivity contribution in [2.75, 3.05) is 0 Å². The Kier molecular flexibility index (Phi) is 8.93. The van der Waals surface area contributed by atoms with Crippen molar-refractivity contribution in [1.82, 2.24) is 24.1 Å². The van der Waals surface area contributed by atoms with E-state index in [0.717, 1.165) is 93.6 Å². The van der Waals surface area contributed by atoms with E-state index in [0.29, 0.717) is 34.2 Å². The summed E-state index contributed by atoms with van der Waals surface area (Å²) in [5, 5.41) is 17.8. The average molecular weight is 947 g/mol. The van der Waals surface area contributed by atoms with Crippen LogP contribution >= 0.6 is 0 Å². The fourth-order valence-corrected chi connectivity index (χ4v) is 12.0. The highest BCUT2D eigenvalue weighted by Crippen LogP contribution is 2.50. The van der Waals surface area contributed by atoms with E-state index in [9.17, 15) is 5.26 Å². The fraction of sp³-hybridized carbons (Fsp3) is 0.0448. The minimum atomic E-state index is -0.153. The first-order valence-electron chi connectivity index (χ1n) is 25.0. The van der Waals surface area contributed by atoms with Gasteiger partial charge in [-0.05, 0) is 94.0 Å². The summed E-state index contributed by atoms with van der Waals surface area (Å²) in [4.78, 5) is 15.7. The van der Waals surface area contributed by atoms with Gasteiger partial charge < -0.3 is 13.6 Å². The molecule has 0 atom stereocenters. The Morgan fingerprint density at radius 3 is 1.89 bits per heavy atom. The summed E-state index contributed by atoms with van der Waals surface area (Å²) in [6.07, 6.45) is 0. The molecule has 0 bridgehead atoms. The largest absolute Gasteiger partial charge is 0.455 e. The van der Waals surface area contributed by atoms with E-state index >= 15 is 0 Å². The van der Waals surface area contributed by atoms with Crippen LogP contribution in [0.5, 0.6) is 0 Å². The van der Waals surface area contributed by atoms with E-state index in [-0.39, 0.29) is 5.41 Å². The lowest BCUT2D eigenvalue weighted by Crippen LogP contribution is -2.15. The molecule has 0 spiro atoms. The third-order valence-electron chi connectivity index (χ3n) is 15.4. The number of nitriles is 1. The normalized spacial score (nSPS) is 12.8. The minimum absolute atomic E-state index is 0.153. The van der Waals surface area contributed by atoms with Crippen molar-refractivity contribution in [3.05, 3.63) is 235 Å². The average Bonchev–Trinajstić information content (AvgIpc) is 4.24. The van der Waals surface area contributed by atoms with E-state index < -0.39 is 0 Å². The van der Waals surface area contributed by atoms with Crippen LogP contribution in [-0.2, 0) is 5.41 Å². The first kappa shape index (κ1) is 41.8. The molecule has 1 aliphatic carbocycles. The first-order valence-corrected chi connectivity index (χ1v) is 25.0. The van der Waals surface area contributed by atoms with Crippen LogP contribution in [-0.4, -0.2) is 24.1 Å². The summed E-state index contributed by atoms with van der Waals surface area (Å²) in [6, 6.07) is 78.8. The quantitative estimate of drug-likeness (QED) is 0.166. The Morgan fingerprint density at radius 2 is 1.07 bits per heavy atom. The third-order valence-corrected chi connectivity index (χ3v) is 15.4. The summed E-state index contributed by atoms with van der Waals surface area (Å²) >= 11 is 0. The number of furan rings is 1. The molecule has 74 heavy (non-hydrogen) atoms. The second kappa shape index (κ2) is 15.8. The van der Waals surface area contributed by atoms with Gasteiger partial charge in [-0.2, -0.15) is 5.26 Å². The molecule has 0 saturated heterocycles. The Morgan fingerprint density at radius 1 is 0.432 bits per heavy atom. The molecule has 15 rings (SSSR count). The SMILES string of the molecule is CC1(C)c2ccccc2-c2ccc(-n3c4ccccc4c4c3ccc3c5ccccc5n(-c5ccc(-c6nc(-c7ccccc7-c7ccccc7)nc(-c7cccc8c7oc7ccccc78)n6)cc5C#N)c34)cc21. The first-order chi connectivity index (χ1) is 36.4. The van der Waals surface area contributed by atoms with Crippen molar-refractivity contribution >= 4 is 65.6 Å². The zero-order valence-corrected chi connectivity index (χ0v) is 40.4. The highest BCUT2D eigenvalue weighted by atomic mass is 16.3. The van der Waals surface area contributed by atoms with Gasteiger partial charge >= 0.3 is 0 Å². The lowest BCUT2D eigenvalue weighted by molar-refractivity contribution is 0.660. The molecule has 0 N–H and O–H groups in total. The number of fused-ring (bicyclic) bond motifs is 13. The van der Waals surface area contributed by atoms with Crippen LogP contribution in [0.25, 0.3) is 133 Å². The molecular weight excluding hydrogens is 905 g/mol. The number of nitrogens with zero attached hydrogens (tertiary/aromatic N) is 6. The van der Waals surface area contributed by atoms with Crippen molar-refractivity contribution in [3.8, 4) is 73.9 Å². The zero-order chi connectivity index (χ0) is 49.2. The molecule has 0 aliphatic heterocycles. The van der Waals surface area contributed by atoms with Crippen LogP contribution in [0.15, 0.2) is 223 Å². The van der Waals surface area contributed by atoms with Crippen LogP contribution in [0.2, 0.25) is 0 Å². The maximum absolute atomic E-state index is 11.3. The number of hydrogen-bond donors (Lipinski definition) is 0. The number of benzene rings is 10. The molecule has 0 saturated carbocycles. The number of hydrogen-bond acceptors (Lipinski definition) is 5. The number of para-hydroxylation sites is 4. The molecule has 346 valence electrons. The topological polar surface area (TPSA) is 85.5 Å². The fourth-order valence-electron chi connectivity index (χ4n) is 12.0. The summed E-state index contributed by atoms with van der Waals surface area (Å²) in [5.41, 5.74) is 17.6. The lowest BCUT2D eigenvalue weighted by Gasteiger charge is -2.22. The van der Waals surface area contributed by atoms with Gasteiger partial charge in [0.2, 0.25) is 0 Å². The molecule has 0 amide bonds. The third kappa shape index (κ3) is 6.03. The van der Waals surface area contributed by atoms with Gasteiger partial charge in [0.05, 0.1) is 38.9 Å². The molecule has 0 unspecified atom stereocenters. The Balaban J connectivity index is 0.947. The lowest BCUT2D eigenvalue weighted by atomic mass is 9.82. The molecule has 7 heteroatoms. The van der Waals surface area contributed by atoms with Crippen molar-refractivity contribution in [2.45, 2.75) is 19.3 Å². The van der Waals surface area contributed by atoms with Crippen LogP contribution in [0.3, 0.4) is 0 Å². The van der Waals surface area contributed by atoms with Crippen LogP contribution in [0.1, 0.15) is 30.5 Å². The van der Waals surface area contributed by atoms with Gasteiger partial charge in [-0.1, -0.05) is 172 Å². The second-order valence-corrected chi connectivity index (χ2v) is 19.8. The molecule has 14 aromatic rings. The molecule has 4 heterocycles. The Hall–Kier alpha value is -9.90. The predicted octanol–water partition coefficient (Wildman–Crippen LogP) is 16.8. The Bertz CT molecular complexity index is 4720. The van der Waals surface area contributed by atoms with Gasteiger partial charge in [0, 0.05) is 54.5 Å². The number of rotatable bonds is 6. The summed E-state index contributed by atoms with van der Waals surface area (Å²) in [7, 11) is 0. The summed E-state index contributed by atoms with van der Waals surface area (Å²) < 4.78 is 11.3. The van der Waals surface area contributed by atoms with Crippen LogP contribution in [0, 0.1) is 11.3 Å². The van der Waals surface area contributed by atoms with Crippen molar-refractivity contribution < 1.29 is 4.42 Å². The van der Waals surface area contributed by atoms with Gasteiger partial charge in [-0.3, -0.25) is 0 Å². The Labute approximate surface area is 425 Å². The van der Waals surface area contributed by atoms with Crippen molar-refractivity contribution in [2.24, 2.45) is 0 Å². The molecule has 7 nitrogen and oxygen atoms in total. The predicted molar refractivity (Wildman–Crippen MR) is 300 cm³/mol. The van der Waals surface area contributed by atoms with E-state index in [4.69, 9.17) is 19.4 Å². The van der Waals surface area contributed by atoms with E-state index in [1.807, 2.05) is 72.8 Å². The van der Waals surface area contributed by atoms with Crippen LogP contribution < -0.4 is 0 Å². The van der Waals surface area contributed by atoms with E-state index in [2.05, 4.69) is 175 Å². The zero-order valence-electron chi connectivity index (χ0n) is 40.4. The smallest absolute Gasteiger partial charge is 0.167 e. The van der Waals surface area contributed by atoms with Gasteiger partial charge in [0.1, 0.15) is 17.2 Å². The summed E-state index contributed by atoms with van der Waals surface area (Å²) in [6.45, 7) is 4.67. The van der Waals surface area contributed by atoms with Crippen LogP contribution in [0.4, 0.5) is 0 Å². The van der Waals surface area contributed by atoms with E-state index in [1.165, 1.54) is 22.3 Å². The molecular formula is C67H42N6O. The van der Waals surface area contributed by atoms with Gasteiger partial charge in [-0.25, -0.2) is 15.0 Å². The highest BCUT2D eigenvalue weighted by molar-refractivity contribution is 6.26. The molecule has 0 fully saturated rings. The molecule has 0 radical (unpaired) electrons. The minimum Gasteiger partial charge on any atom is -0.455 e. The molecule has 10 aromatic carbocycles. The summed E-state index contributed by atoms with van der Waals surface area (Å²) in [5.74, 6) is 1.42. The maximum atomic E-state index is 11.3. The maximum Gasteiger partial charge on any atom is 0.167 e. The van der Waals surface area contributed by atoms with Gasteiger partial charge in [0.25, 0.3) is 0 Å².